The monoisotopic (exact) mass is 227 g/mol. The summed E-state index contributed by atoms with van der Waals surface area (Å²) in [6.07, 6.45) is 0. The summed E-state index contributed by atoms with van der Waals surface area (Å²) < 4.78 is 9.10. The van der Waals surface area contributed by atoms with Crippen LogP contribution in [0.5, 0.6) is 0 Å². The fourth-order valence-corrected chi connectivity index (χ4v) is 0. The lowest BCUT2D eigenvalue weighted by atomic mass is 13.9. The van der Waals surface area contributed by atoms with E-state index in [4.69, 9.17) is 24.1 Å². The van der Waals surface area contributed by atoms with Crippen LogP contribution in [0.2, 0.25) is 0 Å². The van der Waals surface area contributed by atoms with Crippen LogP contribution in [0.25, 0.3) is 0 Å². The Kier molecular flexibility index (Phi) is 6.56. The van der Waals surface area contributed by atoms with Gasteiger partial charge in [-0.15, -0.1) is 0 Å². The van der Waals surface area contributed by atoms with Crippen LogP contribution in [-0.4, -0.2) is 19.6 Å². The zero-order chi connectivity index (χ0) is 9.00. The molecule has 0 aliphatic rings. The number of hydrogen-bond acceptors (Lipinski definition) is 2. The molecule has 0 atom stereocenters. The van der Waals surface area contributed by atoms with Crippen molar-refractivity contribution in [1.29, 1.82) is 0 Å². The van der Waals surface area contributed by atoms with Crippen molar-refractivity contribution in [2.24, 2.45) is 5.50 Å². The molecule has 0 saturated heterocycles. The number of thiol groups is 1. The van der Waals surface area contributed by atoms with Gasteiger partial charge in [0, 0.05) is 0 Å². The maximum Gasteiger partial charge on any atom is 0.397 e. The number of hydrogen-bond donors (Lipinski definition) is 6. The molecule has 64 valence electrons. The van der Waals surface area contributed by atoms with Gasteiger partial charge in [0.05, 0.1) is 0 Å². The van der Waals surface area contributed by atoms with E-state index >= 15 is 0 Å². The second-order valence-electron chi connectivity index (χ2n) is 1.10. The summed E-state index contributed by atoms with van der Waals surface area (Å²) >= 11 is 7.07. The second kappa shape index (κ2) is 4.82. The molecule has 0 fully saturated rings. The van der Waals surface area contributed by atoms with Gasteiger partial charge in [-0.25, -0.2) is 10.1 Å². The van der Waals surface area contributed by atoms with Crippen LogP contribution in [0.4, 0.5) is 0 Å². The Labute approximate surface area is 67.6 Å². The van der Waals surface area contributed by atoms with Crippen LogP contribution in [-0.2, 0) is 16.4 Å². The van der Waals surface area contributed by atoms with E-state index in [0.29, 0.717) is 0 Å². The van der Waals surface area contributed by atoms with Gasteiger partial charge in [0.1, 0.15) is 0 Å². The Balaban J connectivity index is 0. The third-order valence-corrected chi connectivity index (χ3v) is 0. The van der Waals surface area contributed by atoms with E-state index < -0.39 is 13.4 Å². The van der Waals surface area contributed by atoms with Crippen LogP contribution in [0, 0.1) is 0 Å². The molecule has 0 rings (SSSR count). The molecular weight excluding hydrogens is 220 g/mol. The van der Waals surface area contributed by atoms with Crippen molar-refractivity contribution in [3.63, 3.8) is 0 Å². The highest BCUT2D eigenvalue weighted by molar-refractivity contribution is 8.59. The van der Waals surface area contributed by atoms with Crippen molar-refractivity contribution in [2.75, 3.05) is 0 Å². The minimum absolute atomic E-state index is 3.11. The Morgan fingerprint density at radius 2 is 1.30 bits per heavy atom. The average molecular weight is 227 g/mol. The SMILES string of the molecule is NP(=O)(O)O.OP(O)(=S)S. The molecule has 0 radical (unpaired) electrons. The van der Waals surface area contributed by atoms with Crippen molar-refractivity contribution in [3.8, 4) is 0 Å². The molecule has 0 aromatic rings. The lowest BCUT2D eigenvalue weighted by molar-refractivity contribution is 0.374. The molecular formula is H7NO5P2S2. The third kappa shape index (κ3) is 549. The lowest BCUT2D eigenvalue weighted by Crippen LogP contribution is -1.87. The summed E-state index contributed by atoms with van der Waals surface area (Å²) in [6, 6.07) is 0. The van der Waals surface area contributed by atoms with Crippen LogP contribution in [0.1, 0.15) is 0 Å². The van der Waals surface area contributed by atoms with Crippen molar-refractivity contribution >= 4 is 37.5 Å². The molecule has 0 spiro atoms. The largest absolute Gasteiger partial charge is 0.397 e. The Hall–Kier alpha value is 1.03. The molecule has 0 aliphatic heterocycles. The Bertz CT molecular complexity index is 130. The molecule has 0 aromatic heterocycles. The number of rotatable bonds is 0. The van der Waals surface area contributed by atoms with Gasteiger partial charge in [0.15, 0.2) is 0 Å². The summed E-state index contributed by atoms with van der Waals surface area (Å²) in [7, 11) is -4.14. The molecule has 0 heterocycles. The van der Waals surface area contributed by atoms with Gasteiger partial charge in [0.2, 0.25) is 5.69 Å². The first-order chi connectivity index (χ1) is 4.00. The van der Waals surface area contributed by atoms with Gasteiger partial charge < -0.3 is 19.6 Å². The van der Waals surface area contributed by atoms with Gasteiger partial charge in [-0.1, -0.05) is 12.2 Å². The summed E-state index contributed by atoms with van der Waals surface area (Å²) in [5.74, 6) is 0. The normalized spacial score (nSPS) is 11.8. The highest BCUT2D eigenvalue weighted by Gasteiger charge is 1.96. The van der Waals surface area contributed by atoms with Crippen LogP contribution in [0.3, 0.4) is 0 Å². The maximum atomic E-state index is 9.10. The minimum atomic E-state index is -4.14. The standard InChI is InChI=1S/H4NO3P.H3O2PS2/c1-5(2,3)4;1-3(2,4)5/h(H4,1,2,3,4);(H3,1,2,4,5). The smallest absolute Gasteiger partial charge is 0.338 e. The van der Waals surface area contributed by atoms with E-state index in [1.807, 2.05) is 0 Å². The Morgan fingerprint density at radius 3 is 1.30 bits per heavy atom. The third-order valence-electron chi connectivity index (χ3n) is 0. The summed E-state index contributed by atoms with van der Waals surface area (Å²) in [4.78, 5) is 30.6. The number of nitrogens with two attached hydrogens (primary N) is 1. The highest BCUT2D eigenvalue weighted by Crippen LogP contribution is 2.39. The minimum Gasteiger partial charge on any atom is -0.338 e. The van der Waals surface area contributed by atoms with Gasteiger partial charge in [-0.2, -0.15) is 0 Å². The van der Waals surface area contributed by atoms with Crippen LogP contribution in [0.15, 0.2) is 0 Å². The summed E-state index contributed by atoms with van der Waals surface area (Å²) in [5, 5.41) is 0. The average Bonchev–Trinajstić information content (AvgIpc) is 1.12. The van der Waals surface area contributed by atoms with Crippen molar-refractivity contribution in [1.82, 2.24) is 0 Å². The fourth-order valence-electron chi connectivity index (χ4n) is 0. The second-order valence-corrected chi connectivity index (χ2v) is 7.32. The van der Waals surface area contributed by atoms with E-state index in [-0.39, 0.29) is 0 Å². The molecule has 10 heavy (non-hydrogen) atoms. The van der Waals surface area contributed by atoms with Crippen LogP contribution < -0.4 is 5.50 Å². The van der Waals surface area contributed by atoms with E-state index in [1.54, 1.807) is 0 Å². The molecule has 6 nitrogen and oxygen atoms in total. The molecule has 0 saturated carbocycles. The highest BCUT2D eigenvalue weighted by atomic mass is 32.9. The van der Waals surface area contributed by atoms with Gasteiger partial charge in [-0.05, 0) is 11.8 Å². The predicted octanol–water partition coefficient (Wildman–Crippen LogP) is -0.837. The van der Waals surface area contributed by atoms with Crippen molar-refractivity contribution in [3.05, 3.63) is 0 Å². The first kappa shape index (κ1) is 13.6. The summed E-state index contributed by atoms with van der Waals surface area (Å²) in [6.45, 7) is 0. The molecule has 0 bridgehead atoms. The first-order valence-corrected chi connectivity index (χ1v) is 7.17. The van der Waals surface area contributed by atoms with Crippen LogP contribution >= 0.6 is 25.7 Å². The summed E-state index contributed by atoms with van der Waals surface area (Å²) in [5.41, 5.74) is 0.910. The topological polar surface area (TPSA) is 124 Å². The molecule has 10 heteroatoms. The molecule has 0 amide bonds. The van der Waals surface area contributed by atoms with Gasteiger partial charge in [0.25, 0.3) is 0 Å². The van der Waals surface area contributed by atoms with E-state index in [1.165, 1.54) is 0 Å². The first-order valence-electron chi connectivity index (χ1n) is 1.62. The molecule has 0 aromatic carbocycles. The molecule has 0 unspecified atom stereocenters. The maximum absolute atomic E-state index is 9.10. The molecule has 0 aliphatic carbocycles. The zero-order valence-electron chi connectivity index (χ0n) is 4.52. The van der Waals surface area contributed by atoms with Crippen molar-refractivity contribution < 1.29 is 24.1 Å². The quantitative estimate of drug-likeness (QED) is 0.235. The van der Waals surface area contributed by atoms with Gasteiger partial charge >= 0.3 is 7.75 Å². The van der Waals surface area contributed by atoms with E-state index in [0.717, 1.165) is 0 Å². The lowest BCUT2D eigenvalue weighted by Gasteiger charge is -1.88. The van der Waals surface area contributed by atoms with Gasteiger partial charge in [-0.3, -0.25) is 0 Å². The van der Waals surface area contributed by atoms with E-state index in [2.05, 4.69) is 29.6 Å². The van der Waals surface area contributed by atoms with Crippen molar-refractivity contribution in [2.45, 2.75) is 0 Å². The van der Waals surface area contributed by atoms with E-state index in [9.17, 15) is 0 Å². The fraction of sp³-hybridized carbons (Fsp3) is 0. The zero-order valence-corrected chi connectivity index (χ0v) is 8.02. The predicted molar refractivity (Wildman–Crippen MR) is 43.9 cm³/mol. The molecule has 6 N–H and O–H groups in total. The Morgan fingerprint density at radius 1 is 1.30 bits per heavy atom.